The maximum absolute atomic E-state index is 6.14. The first-order valence-corrected chi connectivity index (χ1v) is 6.96. The number of methoxy groups -OCH3 is 2. The van der Waals surface area contributed by atoms with Crippen LogP contribution in [0.15, 0.2) is 34.8 Å². The molecule has 0 aliphatic carbocycles. The van der Waals surface area contributed by atoms with E-state index in [9.17, 15) is 0 Å². The molecule has 106 valence electrons. The second-order valence-electron chi connectivity index (χ2n) is 4.05. The van der Waals surface area contributed by atoms with E-state index in [0.29, 0.717) is 22.2 Å². The Bertz CT molecular complexity index is 635. The zero-order valence-electron chi connectivity index (χ0n) is 11.0. The summed E-state index contributed by atoms with van der Waals surface area (Å²) in [6.45, 7) is 0. The normalized spacial score (nSPS) is 10.2. The van der Waals surface area contributed by atoms with Gasteiger partial charge in [0, 0.05) is 16.2 Å². The summed E-state index contributed by atoms with van der Waals surface area (Å²) in [4.78, 5) is 0. The van der Waals surface area contributed by atoms with Gasteiger partial charge in [0.15, 0.2) is 0 Å². The monoisotopic (exact) mass is 356 g/mol. The van der Waals surface area contributed by atoms with Gasteiger partial charge < -0.3 is 20.5 Å². The standard InChI is InChI=1S/C14H14BrClN2O2/c1-19-13-7-14(20-2)12(6-10(13)16)18-11-4-3-8(17)5-9(11)15/h3-7,18H,17H2,1-2H3. The quantitative estimate of drug-likeness (QED) is 0.794. The SMILES string of the molecule is COc1cc(OC)c(Nc2ccc(N)cc2Br)cc1Cl. The van der Waals surface area contributed by atoms with Crippen LogP contribution in [0.5, 0.6) is 11.5 Å². The summed E-state index contributed by atoms with van der Waals surface area (Å²) >= 11 is 9.59. The summed E-state index contributed by atoms with van der Waals surface area (Å²) in [5.74, 6) is 1.19. The molecule has 0 aliphatic heterocycles. The number of nitrogen functional groups attached to an aromatic ring is 1. The highest BCUT2D eigenvalue weighted by Gasteiger charge is 2.11. The molecule has 0 atom stereocenters. The number of rotatable bonds is 4. The van der Waals surface area contributed by atoms with Crippen LogP contribution >= 0.6 is 27.5 Å². The van der Waals surface area contributed by atoms with Crippen molar-refractivity contribution < 1.29 is 9.47 Å². The smallest absolute Gasteiger partial charge is 0.146 e. The van der Waals surface area contributed by atoms with Gasteiger partial charge in [-0.3, -0.25) is 0 Å². The predicted molar refractivity (Wildman–Crippen MR) is 86.4 cm³/mol. The summed E-state index contributed by atoms with van der Waals surface area (Å²) in [5, 5.41) is 3.75. The van der Waals surface area contributed by atoms with Crippen molar-refractivity contribution in [3.63, 3.8) is 0 Å². The topological polar surface area (TPSA) is 56.5 Å². The number of benzene rings is 2. The predicted octanol–water partition coefficient (Wildman–Crippen LogP) is 4.45. The van der Waals surface area contributed by atoms with E-state index >= 15 is 0 Å². The zero-order chi connectivity index (χ0) is 14.7. The Labute approximate surface area is 131 Å². The molecule has 2 rings (SSSR count). The van der Waals surface area contributed by atoms with Crippen LogP contribution in [0.2, 0.25) is 5.02 Å². The Kier molecular flexibility index (Phi) is 4.62. The summed E-state index contributed by atoms with van der Waals surface area (Å²) in [6, 6.07) is 8.99. The molecule has 0 spiro atoms. The highest BCUT2D eigenvalue weighted by molar-refractivity contribution is 9.10. The molecular weight excluding hydrogens is 344 g/mol. The lowest BCUT2D eigenvalue weighted by Gasteiger charge is -2.15. The van der Waals surface area contributed by atoms with Crippen LogP contribution in [-0.2, 0) is 0 Å². The molecule has 0 amide bonds. The maximum Gasteiger partial charge on any atom is 0.146 e. The van der Waals surface area contributed by atoms with Crippen LogP contribution < -0.4 is 20.5 Å². The van der Waals surface area contributed by atoms with Crippen molar-refractivity contribution in [2.24, 2.45) is 0 Å². The van der Waals surface area contributed by atoms with E-state index < -0.39 is 0 Å². The summed E-state index contributed by atoms with van der Waals surface area (Å²) in [7, 11) is 3.15. The van der Waals surface area contributed by atoms with E-state index in [0.717, 1.165) is 15.8 Å². The lowest BCUT2D eigenvalue weighted by Crippen LogP contribution is -1.97. The molecule has 0 radical (unpaired) electrons. The fourth-order valence-electron chi connectivity index (χ4n) is 1.74. The van der Waals surface area contributed by atoms with Crippen molar-refractivity contribution in [3.8, 4) is 11.5 Å². The van der Waals surface area contributed by atoms with Gasteiger partial charge in [-0.15, -0.1) is 0 Å². The Hall–Kier alpha value is -1.59. The van der Waals surface area contributed by atoms with Crippen LogP contribution in [0.3, 0.4) is 0 Å². The molecule has 0 aromatic heterocycles. The van der Waals surface area contributed by atoms with Gasteiger partial charge in [0.25, 0.3) is 0 Å². The van der Waals surface area contributed by atoms with Gasteiger partial charge in [0.2, 0.25) is 0 Å². The first-order valence-electron chi connectivity index (χ1n) is 5.78. The van der Waals surface area contributed by atoms with Crippen molar-refractivity contribution >= 4 is 44.6 Å². The Morgan fingerprint density at radius 3 is 2.35 bits per heavy atom. The summed E-state index contributed by atoms with van der Waals surface area (Å²) < 4.78 is 11.4. The van der Waals surface area contributed by atoms with E-state index in [1.54, 1.807) is 26.4 Å². The first-order chi connectivity index (χ1) is 9.55. The van der Waals surface area contributed by atoms with Crippen LogP contribution in [0.25, 0.3) is 0 Å². The molecule has 0 heterocycles. The van der Waals surface area contributed by atoms with Crippen molar-refractivity contribution in [2.75, 3.05) is 25.3 Å². The third-order valence-corrected chi connectivity index (χ3v) is 3.69. The van der Waals surface area contributed by atoms with Crippen molar-refractivity contribution in [2.45, 2.75) is 0 Å². The molecule has 6 heteroatoms. The second-order valence-corrected chi connectivity index (χ2v) is 5.31. The average Bonchev–Trinajstić information content (AvgIpc) is 2.42. The van der Waals surface area contributed by atoms with E-state index in [1.165, 1.54) is 0 Å². The Balaban J connectivity index is 2.40. The Morgan fingerprint density at radius 2 is 1.75 bits per heavy atom. The summed E-state index contributed by atoms with van der Waals surface area (Å²) in [6.07, 6.45) is 0. The molecule has 0 bridgehead atoms. The molecule has 0 fully saturated rings. The highest BCUT2D eigenvalue weighted by Crippen LogP contribution is 2.38. The van der Waals surface area contributed by atoms with Crippen molar-refractivity contribution in [1.29, 1.82) is 0 Å². The fourth-order valence-corrected chi connectivity index (χ4v) is 2.47. The van der Waals surface area contributed by atoms with Crippen molar-refractivity contribution in [1.82, 2.24) is 0 Å². The Morgan fingerprint density at radius 1 is 1.05 bits per heavy atom. The van der Waals surface area contributed by atoms with Crippen LogP contribution in [0.4, 0.5) is 17.1 Å². The maximum atomic E-state index is 6.14. The van der Waals surface area contributed by atoms with Gasteiger partial charge in [0.05, 0.1) is 30.6 Å². The minimum atomic E-state index is 0.502. The minimum absolute atomic E-state index is 0.502. The van der Waals surface area contributed by atoms with Gasteiger partial charge in [-0.1, -0.05) is 11.6 Å². The molecule has 20 heavy (non-hydrogen) atoms. The number of hydrogen-bond donors (Lipinski definition) is 2. The van der Waals surface area contributed by atoms with Gasteiger partial charge in [-0.25, -0.2) is 0 Å². The number of ether oxygens (including phenoxy) is 2. The molecule has 4 nitrogen and oxygen atoms in total. The molecule has 0 saturated heterocycles. The molecular formula is C14H14BrClN2O2. The van der Waals surface area contributed by atoms with Crippen LogP contribution in [0.1, 0.15) is 0 Å². The second kappa shape index (κ2) is 6.24. The number of anilines is 3. The lowest BCUT2D eigenvalue weighted by molar-refractivity contribution is 0.396. The minimum Gasteiger partial charge on any atom is -0.495 e. The molecule has 2 aromatic rings. The van der Waals surface area contributed by atoms with E-state index in [-0.39, 0.29) is 0 Å². The molecule has 3 N–H and O–H groups in total. The third-order valence-electron chi connectivity index (χ3n) is 2.74. The largest absolute Gasteiger partial charge is 0.495 e. The van der Waals surface area contributed by atoms with Crippen LogP contribution in [-0.4, -0.2) is 14.2 Å². The number of hydrogen-bond acceptors (Lipinski definition) is 4. The number of nitrogens with one attached hydrogen (secondary N) is 1. The highest BCUT2D eigenvalue weighted by atomic mass is 79.9. The van der Waals surface area contributed by atoms with Gasteiger partial charge in [-0.05, 0) is 40.2 Å². The molecule has 0 unspecified atom stereocenters. The van der Waals surface area contributed by atoms with E-state index in [4.69, 9.17) is 26.8 Å². The number of nitrogens with two attached hydrogens (primary N) is 1. The summed E-state index contributed by atoms with van der Waals surface area (Å²) in [5.41, 5.74) is 8.00. The van der Waals surface area contributed by atoms with E-state index in [1.807, 2.05) is 18.2 Å². The van der Waals surface area contributed by atoms with Crippen LogP contribution in [0, 0.1) is 0 Å². The average molecular weight is 358 g/mol. The van der Waals surface area contributed by atoms with Gasteiger partial charge >= 0.3 is 0 Å². The lowest BCUT2D eigenvalue weighted by atomic mass is 10.2. The third kappa shape index (κ3) is 3.11. The first kappa shape index (κ1) is 14.8. The van der Waals surface area contributed by atoms with Crippen molar-refractivity contribution in [3.05, 3.63) is 39.8 Å². The molecule has 2 aromatic carbocycles. The van der Waals surface area contributed by atoms with Gasteiger partial charge in [0.1, 0.15) is 11.5 Å². The van der Waals surface area contributed by atoms with Gasteiger partial charge in [-0.2, -0.15) is 0 Å². The molecule has 0 saturated carbocycles. The fraction of sp³-hybridized carbons (Fsp3) is 0.143. The number of halogens is 2. The molecule has 0 aliphatic rings. The zero-order valence-corrected chi connectivity index (χ0v) is 13.4. The van der Waals surface area contributed by atoms with E-state index in [2.05, 4.69) is 21.2 Å².